The van der Waals surface area contributed by atoms with Gasteiger partial charge in [0.25, 0.3) is 5.91 Å². The molecule has 5 nitrogen and oxygen atoms in total. The molecule has 1 amide bonds. The monoisotopic (exact) mass is 326 g/mol. The van der Waals surface area contributed by atoms with Crippen LogP contribution >= 0.6 is 0 Å². The largest absolute Gasteiger partial charge is 0.497 e. The summed E-state index contributed by atoms with van der Waals surface area (Å²) < 4.78 is 10.5. The summed E-state index contributed by atoms with van der Waals surface area (Å²) in [6.45, 7) is 1.81. The van der Waals surface area contributed by atoms with Gasteiger partial charge in [0.1, 0.15) is 11.5 Å². The molecule has 0 saturated carbocycles. The van der Waals surface area contributed by atoms with E-state index in [9.17, 15) is 4.79 Å². The van der Waals surface area contributed by atoms with Crippen LogP contribution in [0.4, 0.5) is 0 Å². The van der Waals surface area contributed by atoms with Gasteiger partial charge in [0, 0.05) is 5.71 Å². The van der Waals surface area contributed by atoms with Crippen molar-refractivity contribution in [1.82, 2.24) is 5.43 Å². The highest BCUT2D eigenvalue weighted by molar-refractivity contribution is 5.84. The Labute approximate surface area is 142 Å². The number of amides is 1. The zero-order chi connectivity index (χ0) is 17.2. The Bertz CT molecular complexity index is 667. The summed E-state index contributed by atoms with van der Waals surface area (Å²) in [5, 5.41) is 4.10. The van der Waals surface area contributed by atoms with Crippen LogP contribution in [0.15, 0.2) is 59.7 Å². The van der Waals surface area contributed by atoms with E-state index in [2.05, 4.69) is 22.7 Å². The fraction of sp³-hybridized carbons (Fsp3) is 0.263. The third-order valence-electron chi connectivity index (χ3n) is 3.42. The Morgan fingerprint density at radius 3 is 2.38 bits per heavy atom. The van der Waals surface area contributed by atoms with Crippen LogP contribution in [0.1, 0.15) is 18.9 Å². The maximum atomic E-state index is 11.8. The highest BCUT2D eigenvalue weighted by atomic mass is 16.5. The quantitative estimate of drug-likeness (QED) is 0.598. The highest BCUT2D eigenvalue weighted by Gasteiger charge is 2.03. The zero-order valence-corrected chi connectivity index (χ0v) is 14.0. The predicted molar refractivity (Wildman–Crippen MR) is 94.5 cm³/mol. The minimum atomic E-state index is -0.287. The van der Waals surface area contributed by atoms with Gasteiger partial charge in [0.05, 0.1) is 7.11 Å². The van der Waals surface area contributed by atoms with Gasteiger partial charge in [-0.05, 0) is 49.6 Å². The van der Waals surface area contributed by atoms with Crippen LogP contribution in [0, 0.1) is 0 Å². The minimum Gasteiger partial charge on any atom is -0.497 e. The first-order chi connectivity index (χ1) is 11.7. The lowest BCUT2D eigenvalue weighted by Crippen LogP contribution is -2.25. The van der Waals surface area contributed by atoms with Gasteiger partial charge in [-0.2, -0.15) is 5.10 Å². The van der Waals surface area contributed by atoms with E-state index >= 15 is 0 Å². The summed E-state index contributed by atoms with van der Waals surface area (Å²) >= 11 is 0. The van der Waals surface area contributed by atoms with E-state index in [0.717, 1.165) is 24.3 Å². The number of carbonyl (C=O) groups excluding carboxylic acids is 1. The molecule has 0 aliphatic heterocycles. The molecule has 0 heterocycles. The average Bonchev–Trinajstić information content (AvgIpc) is 2.64. The van der Waals surface area contributed by atoms with Crippen molar-refractivity contribution < 1.29 is 14.3 Å². The second-order valence-electron chi connectivity index (χ2n) is 5.33. The van der Waals surface area contributed by atoms with Crippen LogP contribution < -0.4 is 14.9 Å². The lowest BCUT2D eigenvalue weighted by atomic mass is 10.1. The number of ether oxygens (including phenoxy) is 2. The first kappa shape index (κ1) is 17.5. The van der Waals surface area contributed by atoms with Gasteiger partial charge in [-0.25, -0.2) is 5.43 Å². The molecule has 126 valence electrons. The fourth-order valence-electron chi connectivity index (χ4n) is 2.04. The van der Waals surface area contributed by atoms with Crippen LogP contribution in [-0.2, 0) is 11.2 Å². The molecule has 2 aromatic carbocycles. The van der Waals surface area contributed by atoms with Crippen molar-refractivity contribution in [3.63, 3.8) is 0 Å². The van der Waals surface area contributed by atoms with Gasteiger partial charge < -0.3 is 9.47 Å². The van der Waals surface area contributed by atoms with Gasteiger partial charge in [0.2, 0.25) is 0 Å². The number of nitrogens with zero attached hydrogens (tertiary/aromatic N) is 1. The second kappa shape index (κ2) is 9.35. The molecule has 0 aromatic heterocycles. The maximum absolute atomic E-state index is 11.8. The number of hydrogen-bond donors (Lipinski definition) is 1. The minimum absolute atomic E-state index is 0.0816. The third kappa shape index (κ3) is 6.12. The van der Waals surface area contributed by atoms with E-state index in [1.165, 1.54) is 5.56 Å². The smallest absolute Gasteiger partial charge is 0.277 e. The molecule has 0 atom stereocenters. The number of methoxy groups -OCH3 is 1. The Kier molecular flexibility index (Phi) is 6.83. The van der Waals surface area contributed by atoms with Crippen LogP contribution in [0.5, 0.6) is 11.5 Å². The molecule has 0 saturated heterocycles. The number of benzene rings is 2. The molecule has 2 aromatic rings. The summed E-state index contributed by atoms with van der Waals surface area (Å²) in [6.07, 6.45) is 1.69. The lowest BCUT2D eigenvalue weighted by molar-refractivity contribution is -0.123. The number of hydrazone groups is 1. The number of rotatable bonds is 8. The molecule has 24 heavy (non-hydrogen) atoms. The summed E-state index contributed by atoms with van der Waals surface area (Å²) in [5.74, 6) is 1.06. The van der Waals surface area contributed by atoms with E-state index in [4.69, 9.17) is 9.47 Å². The Hall–Kier alpha value is -2.82. The molecule has 0 radical (unpaired) electrons. The van der Waals surface area contributed by atoms with Gasteiger partial charge >= 0.3 is 0 Å². The molecule has 0 unspecified atom stereocenters. The van der Waals surface area contributed by atoms with Gasteiger partial charge in [-0.15, -0.1) is 0 Å². The van der Waals surface area contributed by atoms with E-state index in [1.807, 2.05) is 25.1 Å². The second-order valence-corrected chi connectivity index (χ2v) is 5.33. The highest BCUT2D eigenvalue weighted by Crippen LogP contribution is 2.16. The number of carbonyl (C=O) groups is 1. The van der Waals surface area contributed by atoms with E-state index < -0.39 is 0 Å². The Morgan fingerprint density at radius 1 is 1.04 bits per heavy atom. The summed E-state index contributed by atoms with van der Waals surface area (Å²) in [7, 11) is 1.60. The molecule has 0 spiro atoms. The Balaban J connectivity index is 1.71. The standard InChI is InChI=1S/C19H22N2O3/c1-15(8-9-16-6-4-3-5-7-16)20-21-19(22)14-24-18-12-10-17(23-2)11-13-18/h3-7,10-13H,8-9,14H2,1-2H3,(H,21,22)/b20-15-. The van der Waals surface area contributed by atoms with Crippen LogP contribution in [0.2, 0.25) is 0 Å². The number of nitrogens with one attached hydrogen (secondary N) is 1. The van der Waals surface area contributed by atoms with Crippen LogP contribution in [0.3, 0.4) is 0 Å². The van der Waals surface area contributed by atoms with Gasteiger partial charge in [0.15, 0.2) is 6.61 Å². The van der Waals surface area contributed by atoms with Crippen LogP contribution in [0.25, 0.3) is 0 Å². The van der Waals surface area contributed by atoms with Crippen molar-refractivity contribution in [3.05, 3.63) is 60.2 Å². The number of hydrogen-bond acceptors (Lipinski definition) is 4. The summed E-state index contributed by atoms with van der Waals surface area (Å²) in [5.41, 5.74) is 4.63. The van der Waals surface area contributed by atoms with Crippen molar-refractivity contribution >= 4 is 11.6 Å². The Morgan fingerprint density at radius 2 is 1.71 bits per heavy atom. The molecule has 5 heteroatoms. The van der Waals surface area contributed by atoms with E-state index in [0.29, 0.717) is 5.75 Å². The van der Waals surface area contributed by atoms with Crippen molar-refractivity contribution in [1.29, 1.82) is 0 Å². The van der Waals surface area contributed by atoms with Crippen molar-refractivity contribution in [2.45, 2.75) is 19.8 Å². The molecule has 0 fully saturated rings. The first-order valence-electron chi connectivity index (χ1n) is 7.80. The fourth-order valence-corrected chi connectivity index (χ4v) is 2.04. The average molecular weight is 326 g/mol. The molecule has 1 N–H and O–H groups in total. The van der Waals surface area contributed by atoms with Gasteiger partial charge in [-0.3, -0.25) is 4.79 Å². The van der Waals surface area contributed by atoms with Crippen molar-refractivity contribution in [3.8, 4) is 11.5 Å². The first-order valence-corrected chi connectivity index (χ1v) is 7.80. The number of aryl methyl sites for hydroxylation is 1. The molecular formula is C19H22N2O3. The topological polar surface area (TPSA) is 59.9 Å². The van der Waals surface area contributed by atoms with Gasteiger partial charge in [-0.1, -0.05) is 30.3 Å². The normalized spacial score (nSPS) is 11.0. The van der Waals surface area contributed by atoms with Crippen LogP contribution in [-0.4, -0.2) is 25.3 Å². The third-order valence-corrected chi connectivity index (χ3v) is 3.42. The lowest BCUT2D eigenvalue weighted by Gasteiger charge is -2.06. The molecule has 0 aliphatic carbocycles. The van der Waals surface area contributed by atoms with E-state index in [1.54, 1.807) is 31.4 Å². The summed E-state index contributed by atoms with van der Waals surface area (Å²) in [4.78, 5) is 11.8. The molecule has 0 bridgehead atoms. The SMILES string of the molecule is COc1ccc(OCC(=O)N/N=C(/C)CCc2ccccc2)cc1. The van der Waals surface area contributed by atoms with Crippen molar-refractivity contribution in [2.75, 3.05) is 13.7 Å². The zero-order valence-electron chi connectivity index (χ0n) is 14.0. The summed E-state index contributed by atoms with van der Waals surface area (Å²) in [6, 6.07) is 17.2. The molecule has 0 aliphatic rings. The van der Waals surface area contributed by atoms with Crippen molar-refractivity contribution in [2.24, 2.45) is 5.10 Å². The predicted octanol–water partition coefficient (Wildman–Crippen LogP) is 3.20. The molecular weight excluding hydrogens is 304 g/mol. The molecule has 2 rings (SSSR count). The van der Waals surface area contributed by atoms with E-state index in [-0.39, 0.29) is 12.5 Å². The maximum Gasteiger partial charge on any atom is 0.277 e.